The van der Waals surface area contributed by atoms with Crippen LogP contribution in [0.4, 0.5) is 4.39 Å². The zero-order valence-corrected chi connectivity index (χ0v) is 18.6. The molecule has 1 N–H and O–H groups in total. The Kier molecular flexibility index (Phi) is 7.07. The quantitative estimate of drug-likeness (QED) is 0.625. The van der Waals surface area contributed by atoms with Gasteiger partial charge in [0.1, 0.15) is 11.6 Å². The normalized spacial score (nSPS) is 15.8. The number of halogens is 1. The molecule has 1 saturated heterocycles. The van der Waals surface area contributed by atoms with Crippen molar-refractivity contribution in [3.8, 4) is 0 Å². The lowest BCUT2D eigenvalue weighted by molar-refractivity contribution is -0.131. The highest BCUT2D eigenvalue weighted by atomic mass is 19.1. The summed E-state index contributed by atoms with van der Waals surface area (Å²) in [6.45, 7) is 3.41. The van der Waals surface area contributed by atoms with Crippen molar-refractivity contribution in [1.29, 1.82) is 0 Å². The third-order valence-electron chi connectivity index (χ3n) is 5.95. The van der Waals surface area contributed by atoms with E-state index in [1.54, 1.807) is 25.3 Å². The molecule has 1 aliphatic rings. The van der Waals surface area contributed by atoms with Gasteiger partial charge >= 0.3 is 0 Å². The summed E-state index contributed by atoms with van der Waals surface area (Å²) in [5.74, 6) is 0.243. The number of hydrogen-bond acceptors (Lipinski definition) is 4. The van der Waals surface area contributed by atoms with Crippen LogP contribution in [0.5, 0.6) is 0 Å². The molecule has 0 saturated carbocycles. The fourth-order valence-electron chi connectivity index (χ4n) is 4.08. The maximum atomic E-state index is 13.0. The Hall–Kier alpha value is -3.61. The van der Waals surface area contributed by atoms with Gasteiger partial charge in [-0.05, 0) is 43.0 Å². The first-order valence-corrected chi connectivity index (χ1v) is 11.2. The van der Waals surface area contributed by atoms with Gasteiger partial charge < -0.3 is 10.2 Å². The van der Waals surface area contributed by atoms with Gasteiger partial charge in [-0.3, -0.25) is 9.59 Å². The number of amides is 2. The van der Waals surface area contributed by atoms with Crippen molar-refractivity contribution in [1.82, 2.24) is 20.2 Å². The van der Waals surface area contributed by atoms with E-state index >= 15 is 0 Å². The highest BCUT2D eigenvalue weighted by molar-refractivity contribution is 5.94. The molecule has 170 valence electrons. The number of carbonyl (C=O) groups is 2. The number of nitrogens with zero attached hydrogens (tertiary/aromatic N) is 3. The van der Waals surface area contributed by atoms with E-state index < -0.39 is 0 Å². The summed E-state index contributed by atoms with van der Waals surface area (Å²) in [5.41, 5.74) is 2.83. The molecule has 1 aliphatic heterocycles. The van der Waals surface area contributed by atoms with Crippen LogP contribution < -0.4 is 5.32 Å². The highest BCUT2D eigenvalue weighted by Crippen LogP contribution is 2.25. The monoisotopic (exact) mass is 446 g/mol. The van der Waals surface area contributed by atoms with Gasteiger partial charge in [0, 0.05) is 31.7 Å². The maximum absolute atomic E-state index is 13.0. The second-order valence-electron chi connectivity index (χ2n) is 8.38. The second-order valence-corrected chi connectivity index (χ2v) is 8.38. The minimum Gasteiger partial charge on any atom is -0.348 e. The minimum absolute atomic E-state index is 0.0495. The Morgan fingerprint density at radius 2 is 1.85 bits per heavy atom. The van der Waals surface area contributed by atoms with Crippen molar-refractivity contribution < 1.29 is 14.0 Å². The predicted molar refractivity (Wildman–Crippen MR) is 123 cm³/mol. The summed E-state index contributed by atoms with van der Waals surface area (Å²) in [5, 5.41) is 2.83. The maximum Gasteiger partial charge on any atom is 0.254 e. The van der Waals surface area contributed by atoms with Crippen molar-refractivity contribution in [2.24, 2.45) is 0 Å². The summed E-state index contributed by atoms with van der Waals surface area (Å²) < 4.78 is 13.0. The van der Waals surface area contributed by atoms with Gasteiger partial charge in [-0.2, -0.15) is 0 Å². The summed E-state index contributed by atoms with van der Waals surface area (Å²) in [4.78, 5) is 36.3. The molecular formula is C26H27FN4O2. The Morgan fingerprint density at radius 1 is 1.09 bits per heavy atom. The second kappa shape index (κ2) is 10.3. The van der Waals surface area contributed by atoms with Gasteiger partial charge in [0.15, 0.2) is 0 Å². The average Bonchev–Trinajstić information content (AvgIpc) is 2.84. The van der Waals surface area contributed by atoms with Gasteiger partial charge in [-0.15, -0.1) is 0 Å². The lowest BCUT2D eigenvalue weighted by atomic mass is 9.96. The third-order valence-corrected chi connectivity index (χ3v) is 5.95. The van der Waals surface area contributed by atoms with Crippen molar-refractivity contribution in [2.75, 3.05) is 13.1 Å². The van der Waals surface area contributed by atoms with Crippen LogP contribution in [0.25, 0.3) is 0 Å². The van der Waals surface area contributed by atoms with Crippen LogP contribution in [0.15, 0.2) is 60.8 Å². The van der Waals surface area contributed by atoms with E-state index in [2.05, 4.69) is 15.3 Å². The number of aromatic nitrogens is 2. The number of aryl methyl sites for hydroxylation is 1. The molecule has 0 aliphatic carbocycles. The highest BCUT2D eigenvalue weighted by Gasteiger charge is 2.27. The van der Waals surface area contributed by atoms with Gasteiger partial charge in [0.25, 0.3) is 5.91 Å². The number of benzene rings is 2. The molecule has 33 heavy (non-hydrogen) atoms. The molecule has 0 bridgehead atoms. The van der Waals surface area contributed by atoms with Crippen molar-refractivity contribution in [3.05, 3.63) is 94.8 Å². The number of rotatable bonds is 6. The van der Waals surface area contributed by atoms with Crippen LogP contribution in [0.3, 0.4) is 0 Å². The Balaban J connectivity index is 1.37. The third kappa shape index (κ3) is 5.80. The number of carbonyl (C=O) groups excluding carboxylic acids is 2. The van der Waals surface area contributed by atoms with Gasteiger partial charge in [-0.25, -0.2) is 14.4 Å². The number of piperidine rings is 1. The molecule has 1 fully saturated rings. The van der Waals surface area contributed by atoms with Gasteiger partial charge in [0.05, 0.1) is 17.7 Å². The Morgan fingerprint density at radius 3 is 2.58 bits per heavy atom. The molecule has 2 aromatic carbocycles. The molecule has 3 aromatic rings. The van der Waals surface area contributed by atoms with Crippen molar-refractivity contribution >= 4 is 11.8 Å². The number of likely N-dealkylation sites (tertiary alicyclic amines) is 1. The summed E-state index contributed by atoms with van der Waals surface area (Å²) >= 11 is 0. The zero-order valence-electron chi connectivity index (χ0n) is 18.6. The lowest BCUT2D eigenvalue weighted by Crippen LogP contribution is -2.40. The van der Waals surface area contributed by atoms with Gasteiger partial charge in [0.2, 0.25) is 5.91 Å². The number of hydrogen-bond donors (Lipinski definition) is 1. The molecule has 2 amide bonds. The average molecular weight is 447 g/mol. The number of nitrogens with one attached hydrogen (secondary N) is 1. The van der Waals surface area contributed by atoms with Crippen LogP contribution in [-0.4, -0.2) is 39.8 Å². The van der Waals surface area contributed by atoms with Crippen LogP contribution >= 0.6 is 0 Å². The van der Waals surface area contributed by atoms with Crippen molar-refractivity contribution in [2.45, 2.75) is 38.6 Å². The van der Waals surface area contributed by atoms with E-state index in [1.807, 2.05) is 35.2 Å². The molecule has 1 unspecified atom stereocenters. The van der Waals surface area contributed by atoms with Crippen molar-refractivity contribution in [3.63, 3.8) is 0 Å². The predicted octanol–water partition coefficient (Wildman–Crippen LogP) is 3.80. The summed E-state index contributed by atoms with van der Waals surface area (Å²) in [6.07, 6.45) is 3.75. The first kappa shape index (κ1) is 22.6. The molecule has 2 heterocycles. The molecule has 7 heteroatoms. The van der Waals surface area contributed by atoms with E-state index in [0.29, 0.717) is 36.6 Å². The molecule has 1 atom stereocenters. The topological polar surface area (TPSA) is 75.2 Å². The van der Waals surface area contributed by atoms with E-state index in [9.17, 15) is 14.0 Å². The summed E-state index contributed by atoms with van der Waals surface area (Å²) in [7, 11) is 0. The molecule has 1 aromatic heterocycles. The fraction of sp³-hybridized carbons (Fsp3) is 0.308. The molecule has 0 spiro atoms. The van der Waals surface area contributed by atoms with Crippen LogP contribution in [0, 0.1) is 12.7 Å². The standard InChI is InChI=1S/C26H27FN4O2/c1-18-23(26(33)29-15-20-9-11-22(27)12-10-20)16-28-25(30-18)21-8-5-13-31(17-21)24(32)14-19-6-3-2-4-7-19/h2-4,6-7,9-12,16,21H,5,8,13-15,17H2,1H3,(H,29,33). The molecule has 4 rings (SSSR count). The van der Waals surface area contributed by atoms with E-state index in [1.165, 1.54) is 12.1 Å². The molecular weight excluding hydrogens is 419 g/mol. The Labute approximate surface area is 192 Å². The molecule has 0 radical (unpaired) electrons. The molecule has 6 nitrogen and oxygen atoms in total. The lowest BCUT2D eigenvalue weighted by Gasteiger charge is -2.32. The van der Waals surface area contributed by atoms with Crippen LogP contribution in [0.2, 0.25) is 0 Å². The smallest absolute Gasteiger partial charge is 0.254 e. The van der Waals surface area contributed by atoms with E-state index in [-0.39, 0.29) is 23.5 Å². The van der Waals surface area contributed by atoms with E-state index in [4.69, 9.17) is 0 Å². The SMILES string of the molecule is Cc1nc(C2CCCN(C(=O)Cc3ccccc3)C2)ncc1C(=O)NCc1ccc(F)cc1. The van der Waals surface area contributed by atoms with Crippen LogP contribution in [-0.2, 0) is 17.8 Å². The minimum atomic E-state index is -0.312. The van der Waals surface area contributed by atoms with Crippen LogP contribution in [0.1, 0.15) is 51.8 Å². The van der Waals surface area contributed by atoms with Gasteiger partial charge in [-0.1, -0.05) is 42.5 Å². The first-order valence-electron chi connectivity index (χ1n) is 11.2. The largest absolute Gasteiger partial charge is 0.348 e. The first-order chi connectivity index (χ1) is 16.0. The fourth-order valence-corrected chi connectivity index (χ4v) is 4.08. The summed E-state index contributed by atoms with van der Waals surface area (Å²) in [6, 6.07) is 15.7. The zero-order chi connectivity index (χ0) is 23.2. The van der Waals surface area contributed by atoms with E-state index in [0.717, 1.165) is 30.5 Å². The Bertz CT molecular complexity index is 1120.